The number of carbonyl (C=O) groups excluding carboxylic acids is 1. The van der Waals surface area contributed by atoms with E-state index in [-0.39, 0.29) is 17.3 Å². The van der Waals surface area contributed by atoms with Crippen LogP contribution in [0, 0.1) is 0 Å². The molecule has 1 N–H and O–H groups in total. The molecule has 3 rings (SSSR count). The van der Waals surface area contributed by atoms with Crippen molar-refractivity contribution in [1.29, 1.82) is 0 Å². The van der Waals surface area contributed by atoms with Crippen molar-refractivity contribution in [2.45, 2.75) is 18.4 Å². The molecule has 2 aromatic carbocycles. The molecular weight excluding hydrogens is 390 g/mol. The van der Waals surface area contributed by atoms with Gasteiger partial charge < -0.3 is 10.1 Å². The van der Waals surface area contributed by atoms with Gasteiger partial charge in [0.1, 0.15) is 5.75 Å². The lowest BCUT2D eigenvalue weighted by molar-refractivity contribution is -0.122. The molecule has 0 radical (unpaired) electrons. The summed E-state index contributed by atoms with van der Waals surface area (Å²) in [7, 11) is -3.54. The molecule has 1 aliphatic rings. The van der Waals surface area contributed by atoms with Crippen molar-refractivity contribution in [3.8, 4) is 5.75 Å². The van der Waals surface area contributed by atoms with E-state index in [1.807, 2.05) is 42.2 Å². The maximum Gasteiger partial charge on any atom is 0.243 e. The van der Waals surface area contributed by atoms with E-state index in [9.17, 15) is 13.2 Å². The van der Waals surface area contributed by atoms with Crippen molar-refractivity contribution < 1.29 is 17.9 Å². The van der Waals surface area contributed by atoms with Gasteiger partial charge >= 0.3 is 0 Å². The van der Waals surface area contributed by atoms with Gasteiger partial charge in [-0.25, -0.2) is 8.42 Å². The highest BCUT2D eigenvalue weighted by atomic mass is 32.2. The van der Waals surface area contributed by atoms with Gasteiger partial charge in [0.15, 0.2) is 0 Å². The molecule has 1 heterocycles. The van der Waals surface area contributed by atoms with Gasteiger partial charge in [-0.3, -0.25) is 9.69 Å². The number of hydrogen-bond donors (Lipinski definition) is 1. The summed E-state index contributed by atoms with van der Waals surface area (Å²) in [6, 6.07) is 16.2. The van der Waals surface area contributed by atoms with Gasteiger partial charge in [-0.2, -0.15) is 4.31 Å². The minimum absolute atomic E-state index is 0.0586. The molecule has 29 heavy (non-hydrogen) atoms. The minimum atomic E-state index is -3.54. The van der Waals surface area contributed by atoms with E-state index < -0.39 is 10.0 Å². The highest BCUT2D eigenvalue weighted by Crippen LogP contribution is 2.20. The fourth-order valence-electron chi connectivity index (χ4n) is 3.21. The molecule has 1 saturated heterocycles. The topological polar surface area (TPSA) is 79.0 Å². The lowest BCUT2D eigenvalue weighted by atomic mass is 10.2. The number of benzene rings is 2. The number of carbonyl (C=O) groups is 1. The highest BCUT2D eigenvalue weighted by molar-refractivity contribution is 7.89. The van der Waals surface area contributed by atoms with Crippen LogP contribution in [0.1, 0.15) is 12.5 Å². The van der Waals surface area contributed by atoms with Gasteiger partial charge in [-0.1, -0.05) is 30.3 Å². The Bertz CT molecular complexity index is 893. The summed E-state index contributed by atoms with van der Waals surface area (Å²) in [5.74, 6) is 0.592. The molecule has 0 saturated carbocycles. The molecule has 2 aromatic rings. The van der Waals surface area contributed by atoms with E-state index in [0.29, 0.717) is 45.1 Å². The Hall–Kier alpha value is -2.42. The van der Waals surface area contributed by atoms with E-state index in [4.69, 9.17) is 4.74 Å². The van der Waals surface area contributed by atoms with E-state index >= 15 is 0 Å². The second-order valence-electron chi connectivity index (χ2n) is 6.85. The van der Waals surface area contributed by atoms with Crippen LogP contribution in [-0.4, -0.2) is 62.9 Å². The van der Waals surface area contributed by atoms with Crippen LogP contribution in [0.2, 0.25) is 0 Å². The maximum absolute atomic E-state index is 12.8. The summed E-state index contributed by atoms with van der Waals surface area (Å²) in [6.07, 6.45) is 0. The van der Waals surface area contributed by atoms with Crippen molar-refractivity contribution in [2.24, 2.45) is 0 Å². The fraction of sp³-hybridized carbons (Fsp3) is 0.381. The Kier molecular flexibility index (Phi) is 7.24. The zero-order valence-electron chi connectivity index (χ0n) is 16.6. The third-order valence-electron chi connectivity index (χ3n) is 4.80. The molecule has 156 valence electrons. The quantitative estimate of drug-likeness (QED) is 0.707. The van der Waals surface area contributed by atoms with Gasteiger partial charge in [0.05, 0.1) is 18.0 Å². The minimum Gasteiger partial charge on any atom is -0.494 e. The predicted molar refractivity (Wildman–Crippen MR) is 111 cm³/mol. The first-order chi connectivity index (χ1) is 14.0. The molecule has 0 aliphatic carbocycles. The van der Waals surface area contributed by atoms with Crippen LogP contribution in [0.4, 0.5) is 0 Å². The van der Waals surface area contributed by atoms with Gasteiger partial charge in [-0.05, 0) is 36.8 Å². The lowest BCUT2D eigenvalue weighted by Gasteiger charge is -2.33. The number of nitrogens with zero attached hydrogens (tertiary/aromatic N) is 2. The largest absolute Gasteiger partial charge is 0.494 e. The first-order valence-corrected chi connectivity index (χ1v) is 11.2. The van der Waals surface area contributed by atoms with E-state index in [0.717, 1.165) is 5.56 Å². The zero-order valence-corrected chi connectivity index (χ0v) is 17.4. The Balaban J connectivity index is 1.48. The van der Waals surface area contributed by atoms with Crippen LogP contribution in [0.3, 0.4) is 0 Å². The van der Waals surface area contributed by atoms with Crippen molar-refractivity contribution in [1.82, 2.24) is 14.5 Å². The van der Waals surface area contributed by atoms with Crippen LogP contribution in [0.15, 0.2) is 59.5 Å². The van der Waals surface area contributed by atoms with Crippen molar-refractivity contribution in [3.05, 3.63) is 60.2 Å². The van der Waals surface area contributed by atoms with E-state index in [2.05, 4.69) is 5.32 Å². The molecule has 0 atom stereocenters. The monoisotopic (exact) mass is 417 g/mol. The first-order valence-electron chi connectivity index (χ1n) is 9.75. The van der Waals surface area contributed by atoms with Gasteiger partial charge in [0.25, 0.3) is 0 Å². The number of hydrogen-bond acceptors (Lipinski definition) is 5. The summed E-state index contributed by atoms with van der Waals surface area (Å²) >= 11 is 0. The number of piperazine rings is 1. The molecule has 0 aromatic heterocycles. The summed E-state index contributed by atoms with van der Waals surface area (Å²) in [6.45, 7) is 4.95. The molecule has 1 amide bonds. The third kappa shape index (κ3) is 5.79. The second kappa shape index (κ2) is 9.87. The van der Waals surface area contributed by atoms with E-state index in [1.165, 1.54) is 4.31 Å². The average Bonchev–Trinajstić information content (AvgIpc) is 2.74. The average molecular weight is 418 g/mol. The van der Waals surface area contributed by atoms with Crippen molar-refractivity contribution >= 4 is 15.9 Å². The Morgan fingerprint density at radius 3 is 2.28 bits per heavy atom. The number of rotatable bonds is 8. The van der Waals surface area contributed by atoms with Crippen LogP contribution in [-0.2, 0) is 21.4 Å². The smallest absolute Gasteiger partial charge is 0.243 e. The molecule has 8 heteroatoms. The van der Waals surface area contributed by atoms with E-state index in [1.54, 1.807) is 24.3 Å². The lowest BCUT2D eigenvalue weighted by Crippen LogP contribution is -2.50. The van der Waals surface area contributed by atoms with Gasteiger partial charge in [0.2, 0.25) is 15.9 Å². The number of ether oxygens (including phenoxy) is 1. The molecule has 7 nitrogen and oxygen atoms in total. The zero-order chi connectivity index (χ0) is 20.7. The fourth-order valence-corrected chi connectivity index (χ4v) is 4.63. The Morgan fingerprint density at radius 2 is 1.66 bits per heavy atom. The van der Waals surface area contributed by atoms with Crippen LogP contribution in [0.5, 0.6) is 5.75 Å². The summed E-state index contributed by atoms with van der Waals surface area (Å²) in [5.41, 5.74) is 1.05. The van der Waals surface area contributed by atoms with Crippen molar-refractivity contribution in [2.75, 3.05) is 39.3 Å². The standard InChI is InChI=1S/C21H27N3O4S/c1-2-28-19-8-10-20(11-9-19)29(26,27)24-14-12-23(13-15-24)17-21(25)22-16-18-6-4-3-5-7-18/h3-11H,2,12-17H2,1H3,(H,22,25). The highest BCUT2D eigenvalue weighted by Gasteiger charge is 2.29. The summed E-state index contributed by atoms with van der Waals surface area (Å²) < 4.78 is 32.5. The second-order valence-corrected chi connectivity index (χ2v) is 8.78. The Labute approximate surface area is 172 Å². The number of nitrogens with one attached hydrogen (secondary N) is 1. The molecule has 0 spiro atoms. The molecule has 1 fully saturated rings. The van der Waals surface area contributed by atoms with Gasteiger partial charge in [0, 0.05) is 32.7 Å². The number of sulfonamides is 1. The third-order valence-corrected chi connectivity index (χ3v) is 6.72. The number of amides is 1. The SMILES string of the molecule is CCOc1ccc(S(=O)(=O)N2CCN(CC(=O)NCc3ccccc3)CC2)cc1. The summed E-state index contributed by atoms with van der Waals surface area (Å²) in [5, 5.41) is 2.90. The molecule has 1 aliphatic heterocycles. The van der Waals surface area contributed by atoms with Crippen LogP contribution in [0.25, 0.3) is 0 Å². The first kappa shape index (κ1) is 21.3. The predicted octanol–water partition coefficient (Wildman–Crippen LogP) is 1.71. The van der Waals surface area contributed by atoms with Crippen LogP contribution >= 0.6 is 0 Å². The molecular formula is C21H27N3O4S. The van der Waals surface area contributed by atoms with Gasteiger partial charge in [-0.15, -0.1) is 0 Å². The van der Waals surface area contributed by atoms with Crippen LogP contribution < -0.4 is 10.1 Å². The normalized spacial score (nSPS) is 15.8. The molecule has 0 unspecified atom stereocenters. The molecule has 0 bridgehead atoms. The maximum atomic E-state index is 12.8. The summed E-state index contributed by atoms with van der Waals surface area (Å²) in [4.78, 5) is 14.4. The van der Waals surface area contributed by atoms with Crippen molar-refractivity contribution in [3.63, 3.8) is 0 Å². The Morgan fingerprint density at radius 1 is 1.00 bits per heavy atom.